The van der Waals surface area contributed by atoms with Crippen LogP contribution in [0.15, 0.2) is 18.3 Å². The van der Waals surface area contributed by atoms with Crippen molar-refractivity contribution in [1.82, 2.24) is 9.88 Å². The topological polar surface area (TPSA) is 77.7 Å². The third kappa shape index (κ3) is 3.93. The van der Waals surface area contributed by atoms with Gasteiger partial charge in [-0.2, -0.15) is 0 Å². The van der Waals surface area contributed by atoms with Crippen molar-refractivity contribution in [3.05, 3.63) is 23.9 Å². The predicted molar refractivity (Wildman–Crippen MR) is 87.1 cm³/mol. The molecule has 0 atom stereocenters. The molecule has 0 spiro atoms. The van der Waals surface area contributed by atoms with Gasteiger partial charge < -0.3 is 20.1 Å². The van der Waals surface area contributed by atoms with Gasteiger partial charge in [-0.05, 0) is 51.2 Å². The van der Waals surface area contributed by atoms with E-state index in [-0.39, 0.29) is 18.3 Å². The third-order valence-electron chi connectivity index (χ3n) is 4.26. The fourth-order valence-corrected chi connectivity index (χ4v) is 2.88. The second-order valence-electron chi connectivity index (χ2n) is 7.45. The van der Waals surface area contributed by atoms with E-state index in [0.29, 0.717) is 24.8 Å². The number of hydrogen-bond donors (Lipinski definition) is 1. The summed E-state index contributed by atoms with van der Waals surface area (Å²) in [7, 11) is 0. The molecular formula is C17H25N3O3. The number of aromatic nitrogens is 1. The summed E-state index contributed by atoms with van der Waals surface area (Å²) in [5.74, 6) is 1.06. The summed E-state index contributed by atoms with van der Waals surface area (Å²) in [5, 5.41) is 0. The first-order chi connectivity index (χ1) is 10.8. The first-order valence-corrected chi connectivity index (χ1v) is 8.15. The molecule has 1 saturated heterocycles. The molecule has 1 aromatic heterocycles. The van der Waals surface area contributed by atoms with Gasteiger partial charge in [-0.25, -0.2) is 9.78 Å². The molecule has 0 bridgehead atoms. The second-order valence-corrected chi connectivity index (χ2v) is 7.45. The summed E-state index contributed by atoms with van der Waals surface area (Å²) in [6.07, 6.45) is 4.03. The Balaban J connectivity index is 1.36. The molecule has 2 heterocycles. The average Bonchev–Trinajstić information content (AvgIpc) is 2.34. The minimum Gasteiger partial charge on any atom is -0.444 e. The Morgan fingerprint density at radius 3 is 2.52 bits per heavy atom. The minimum atomic E-state index is -0.447. The van der Waals surface area contributed by atoms with Crippen LogP contribution in [0.2, 0.25) is 0 Å². The smallest absolute Gasteiger partial charge is 0.410 e. The lowest BCUT2D eigenvalue weighted by atomic mass is 9.78. The minimum absolute atomic E-state index is 0.137. The van der Waals surface area contributed by atoms with E-state index in [1.54, 1.807) is 4.90 Å². The van der Waals surface area contributed by atoms with E-state index in [0.717, 1.165) is 12.8 Å². The molecule has 1 aromatic rings. The van der Waals surface area contributed by atoms with E-state index in [2.05, 4.69) is 4.98 Å². The Bertz CT molecular complexity index is 555. The number of pyridine rings is 1. The predicted octanol–water partition coefficient (Wildman–Crippen LogP) is 2.55. The zero-order chi connectivity index (χ0) is 16.6. The number of carbonyl (C=O) groups is 1. The number of hydrogen-bond acceptors (Lipinski definition) is 5. The fourth-order valence-electron chi connectivity index (χ4n) is 2.88. The molecule has 0 radical (unpaired) electrons. The van der Waals surface area contributed by atoms with Gasteiger partial charge in [0.2, 0.25) is 0 Å². The Kier molecular flexibility index (Phi) is 4.19. The zero-order valence-corrected chi connectivity index (χ0v) is 14.0. The third-order valence-corrected chi connectivity index (χ3v) is 4.26. The molecule has 23 heavy (non-hydrogen) atoms. The first-order valence-electron chi connectivity index (χ1n) is 8.15. The Morgan fingerprint density at radius 1 is 1.26 bits per heavy atom. The van der Waals surface area contributed by atoms with Gasteiger partial charge in [0.05, 0.1) is 25.3 Å². The van der Waals surface area contributed by atoms with Crippen LogP contribution < -0.4 is 5.73 Å². The fraction of sp³-hybridized carbons (Fsp3) is 0.647. The highest BCUT2D eigenvalue weighted by molar-refractivity contribution is 5.69. The second kappa shape index (κ2) is 6.00. The molecule has 2 aliphatic rings. The zero-order valence-electron chi connectivity index (χ0n) is 14.0. The van der Waals surface area contributed by atoms with Gasteiger partial charge >= 0.3 is 6.09 Å². The molecule has 6 nitrogen and oxygen atoms in total. The van der Waals surface area contributed by atoms with E-state index in [1.165, 1.54) is 5.56 Å². The van der Waals surface area contributed by atoms with E-state index in [9.17, 15) is 4.79 Å². The van der Waals surface area contributed by atoms with Crippen LogP contribution in [0.5, 0.6) is 0 Å². The van der Waals surface area contributed by atoms with E-state index < -0.39 is 5.60 Å². The summed E-state index contributed by atoms with van der Waals surface area (Å²) in [5.41, 5.74) is 6.38. The van der Waals surface area contributed by atoms with Gasteiger partial charge in [-0.15, -0.1) is 0 Å². The number of ether oxygens (including phenoxy) is 2. The average molecular weight is 319 g/mol. The van der Waals surface area contributed by atoms with Gasteiger partial charge in [0.1, 0.15) is 11.4 Å². The first kappa shape index (κ1) is 16.1. The maximum atomic E-state index is 11.9. The van der Waals surface area contributed by atoms with Crippen molar-refractivity contribution in [3.8, 4) is 0 Å². The van der Waals surface area contributed by atoms with Gasteiger partial charge in [-0.1, -0.05) is 6.07 Å². The van der Waals surface area contributed by atoms with Crippen molar-refractivity contribution in [3.63, 3.8) is 0 Å². The SMILES string of the molecule is CC(C)(C)OC(=O)N1CC(OC2CC(c3ccc(N)nc3)C2)C1. The summed E-state index contributed by atoms with van der Waals surface area (Å²) in [6.45, 7) is 6.87. The Labute approximate surface area is 137 Å². The van der Waals surface area contributed by atoms with Gasteiger partial charge in [0.25, 0.3) is 0 Å². The molecular weight excluding hydrogens is 294 g/mol. The summed E-state index contributed by atoms with van der Waals surface area (Å²) < 4.78 is 11.3. The lowest BCUT2D eigenvalue weighted by Crippen LogP contribution is -2.57. The van der Waals surface area contributed by atoms with Crippen molar-refractivity contribution in [2.45, 2.75) is 57.3 Å². The summed E-state index contributed by atoms with van der Waals surface area (Å²) in [6, 6.07) is 3.88. The maximum Gasteiger partial charge on any atom is 0.410 e. The molecule has 0 unspecified atom stereocenters. The normalized spacial score (nSPS) is 24.7. The molecule has 0 aromatic carbocycles. The molecule has 1 aliphatic heterocycles. The monoisotopic (exact) mass is 319 g/mol. The van der Waals surface area contributed by atoms with Crippen LogP contribution in [-0.2, 0) is 9.47 Å². The van der Waals surface area contributed by atoms with Crippen LogP contribution in [0.3, 0.4) is 0 Å². The molecule has 126 valence electrons. The van der Waals surface area contributed by atoms with Crippen LogP contribution in [0.4, 0.5) is 10.6 Å². The lowest BCUT2D eigenvalue weighted by Gasteiger charge is -2.44. The number of amides is 1. The van der Waals surface area contributed by atoms with Gasteiger partial charge in [0.15, 0.2) is 0 Å². The van der Waals surface area contributed by atoms with Crippen molar-refractivity contribution < 1.29 is 14.3 Å². The number of carbonyl (C=O) groups excluding carboxylic acids is 1. The Morgan fingerprint density at radius 2 is 1.96 bits per heavy atom. The van der Waals surface area contributed by atoms with Crippen LogP contribution in [0.1, 0.15) is 45.1 Å². The number of nitrogens with zero attached hydrogens (tertiary/aromatic N) is 2. The summed E-state index contributed by atoms with van der Waals surface area (Å²) in [4.78, 5) is 17.7. The molecule has 1 aliphatic carbocycles. The quantitative estimate of drug-likeness (QED) is 0.926. The highest BCUT2D eigenvalue weighted by atomic mass is 16.6. The van der Waals surface area contributed by atoms with Crippen molar-refractivity contribution in [1.29, 1.82) is 0 Å². The van der Waals surface area contributed by atoms with E-state index >= 15 is 0 Å². The summed E-state index contributed by atoms with van der Waals surface area (Å²) >= 11 is 0. The standard InChI is InChI=1S/C17H25N3O3/c1-17(2,3)23-16(21)20-9-14(10-20)22-13-6-12(7-13)11-4-5-15(18)19-8-11/h4-5,8,12-14H,6-7,9-10H2,1-3H3,(H2,18,19). The van der Waals surface area contributed by atoms with Crippen molar-refractivity contribution in [2.75, 3.05) is 18.8 Å². The molecule has 6 heteroatoms. The number of likely N-dealkylation sites (tertiary alicyclic amines) is 1. The van der Waals surface area contributed by atoms with Gasteiger partial charge in [0, 0.05) is 6.20 Å². The molecule has 3 rings (SSSR count). The molecule has 2 fully saturated rings. The van der Waals surface area contributed by atoms with E-state index in [4.69, 9.17) is 15.2 Å². The molecule has 2 N–H and O–H groups in total. The van der Waals surface area contributed by atoms with E-state index in [1.807, 2.05) is 39.1 Å². The Hall–Kier alpha value is -1.82. The van der Waals surface area contributed by atoms with Crippen LogP contribution in [0.25, 0.3) is 0 Å². The molecule has 1 amide bonds. The highest BCUT2D eigenvalue weighted by Gasteiger charge is 2.39. The highest BCUT2D eigenvalue weighted by Crippen LogP contribution is 2.39. The van der Waals surface area contributed by atoms with Crippen LogP contribution in [-0.4, -0.2) is 46.9 Å². The number of anilines is 1. The van der Waals surface area contributed by atoms with Crippen LogP contribution in [0, 0.1) is 0 Å². The van der Waals surface area contributed by atoms with Crippen molar-refractivity contribution >= 4 is 11.9 Å². The number of rotatable bonds is 3. The number of nitrogens with two attached hydrogens (primary N) is 1. The largest absolute Gasteiger partial charge is 0.444 e. The lowest BCUT2D eigenvalue weighted by molar-refractivity contribution is -0.119. The van der Waals surface area contributed by atoms with Crippen LogP contribution >= 0.6 is 0 Å². The molecule has 1 saturated carbocycles. The van der Waals surface area contributed by atoms with Gasteiger partial charge in [-0.3, -0.25) is 0 Å². The maximum absolute atomic E-state index is 11.9. The van der Waals surface area contributed by atoms with Crippen molar-refractivity contribution in [2.24, 2.45) is 0 Å². The number of nitrogen functional groups attached to an aromatic ring is 1.